The summed E-state index contributed by atoms with van der Waals surface area (Å²) in [7, 11) is 0. The summed E-state index contributed by atoms with van der Waals surface area (Å²) in [6.45, 7) is 3.87. The summed E-state index contributed by atoms with van der Waals surface area (Å²) in [6, 6.07) is 5.47. The minimum absolute atomic E-state index is 0.258. The van der Waals surface area contributed by atoms with Crippen molar-refractivity contribution in [3.8, 4) is 0 Å². The number of carboxylic acid groups (broad SMARTS) is 1. The van der Waals surface area contributed by atoms with Gasteiger partial charge >= 0.3 is 11.9 Å². The first-order valence-corrected chi connectivity index (χ1v) is 5.60. The fourth-order valence-corrected chi connectivity index (χ4v) is 2.06. The molecule has 0 aliphatic rings. The molecule has 16 heavy (non-hydrogen) atoms. The highest BCUT2D eigenvalue weighted by Crippen LogP contribution is 2.32. The SMILES string of the molecule is CC(C)Sc1cccc(C(F)(F)C(=O)O)c1. The predicted octanol–water partition coefficient (Wildman–Crippen LogP) is 3.36. The fourth-order valence-electron chi connectivity index (χ4n) is 1.16. The van der Waals surface area contributed by atoms with Crippen LogP contribution in [-0.4, -0.2) is 16.3 Å². The molecule has 0 unspecified atom stereocenters. The number of hydrogen-bond donors (Lipinski definition) is 1. The Labute approximate surface area is 96.7 Å². The second-order valence-electron chi connectivity index (χ2n) is 3.57. The molecule has 0 atom stereocenters. The molecule has 5 heteroatoms. The average molecular weight is 246 g/mol. The van der Waals surface area contributed by atoms with E-state index in [1.807, 2.05) is 13.8 Å². The molecule has 1 aromatic carbocycles. The van der Waals surface area contributed by atoms with E-state index in [2.05, 4.69) is 0 Å². The molecule has 1 rings (SSSR count). The van der Waals surface area contributed by atoms with Crippen LogP contribution in [-0.2, 0) is 10.7 Å². The number of thioether (sulfide) groups is 1. The van der Waals surface area contributed by atoms with Crippen molar-refractivity contribution in [1.29, 1.82) is 0 Å². The van der Waals surface area contributed by atoms with Gasteiger partial charge in [-0.05, 0) is 12.1 Å². The van der Waals surface area contributed by atoms with Crippen molar-refractivity contribution in [3.63, 3.8) is 0 Å². The van der Waals surface area contributed by atoms with Gasteiger partial charge in [0.2, 0.25) is 0 Å². The van der Waals surface area contributed by atoms with Gasteiger partial charge in [-0.15, -0.1) is 11.8 Å². The molecule has 0 heterocycles. The van der Waals surface area contributed by atoms with Gasteiger partial charge in [0.25, 0.3) is 0 Å². The fraction of sp³-hybridized carbons (Fsp3) is 0.364. The van der Waals surface area contributed by atoms with Gasteiger partial charge in [-0.2, -0.15) is 8.78 Å². The highest BCUT2D eigenvalue weighted by Gasteiger charge is 2.41. The van der Waals surface area contributed by atoms with Crippen molar-refractivity contribution >= 4 is 17.7 Å². The smallest absolute Gasteiger partial charge is 0.379 e. The molecule has 0 saturated carbocycles. The van der Waals surface area contributed by atoms with E-state index in [0.717, 1.165) is 6.07 Å². The lowest BCUT2D eigenvalue weighted by molar-refractivity contribution is -0.166. The first kappa shape index (κ1) is 13.0. The molecule has 0 aromatic heterocycles. The van der Waals surface area contributed by atoms with E-state index in [4.69, 9.17) is 5.11 Å². The van der Waals surface area contributed by atoms with Gasteiger partial charge in [0.05, 0.1) is 0 Å². The first-order chi connectivity index (χ1) is 7.34. The molecule has 2 nitrogen and oxygen atoms in total. The normalized spacial score (nSPS) is 11.8. The summed E-state index contributed by atoms with van der Waals surface area (Å²) in [5, 5.41) is 8.67. The quantitative estimate of drug-likeness (QED) is 0.828. The number of halogens is 2. The van der Waals surface area contributed by atoms with Crippen LogP contribution in [0.1, 0.15) is 19.4 Å². The molecule has 0 fully saturated rings. The summed E-state index contributed by atoms with van der Waals surface area (Å²) in [6.07, 6.45) is 0. The summed E-state index contributed by atoms with van der Waals surface area (Å²) < 4.78 is 26.4. The van der Waals surface area contributed by atoms with Crippen molar-refractivity contribution in [2.24, 2.45) is 0 Å². The maximum atomic E-state index is 13.2. The lowest BCUT2D eigenvalue weighted by Crippen LogP contribution is -2.25. The zero-order valence-corrected chi connectivity index (χ0v) is 9.72. The van der Waals surface area contributed by atoms with Crippen molar-refractivity contribution in [2.45, 2.75) is 29.9 Å². The van der Waals surface area contributed by atoms with Gasteiger partial charge in [-0.3, -0.25) is 0 Å². The lowest BCUT2D eigenvalue weighted by Gasteiger charge is -2.13. The van der Waals surface area contributed by atoms with Crippen LogP contribution >= 0.6 is 11.8 Å². The number of rotatable bonds is 4. The molecule has 0 bridgehead atoms. The van der Waals surface area contributed by atoms with Crippen LogP contribution in [0.4, 0.5) is 8.78 Å². The molecule has 88 valence electrons. The van der Waals surface area contributed by atoms with Crippen LogP contribution in [0.25, 0.3) is 0 Å². The zero-order valence-electron chi connectivity index (χ0n) is 8.91. The van der Waals surface area contributed by atoms with Gasteiger partial charge in [0.15, 0.2) is 0 Å². The van der Waals surface area contributed by atoms with Crippen molar-refractivity contribution in [1.82, 2.24) is 0 Å². The van der Waals surface area contributed by atoms with Crippen LogP contribution in [0, 0.1) is 0 Å². The number of hydrogen-bond acceptors (Lipinski definition) is 2. The van der Waals surface area contributed by atoms with E-state index < -0.39 is 17.5 Å². The Morgan fingerprint density at radius 1 is 1.44 bits per heavy atom. The Hall–Kier alpha value is -1.10. The van der Waals surface area contributed by atoms with Gasteiger partial charge in [0, 0.05) is 15.7 Å². The van der Waals surface area contributed by atoms with Crippen LogP contribution in [0.5, 0.6) is 0 Å². The third-order valence-corrected chi connectivity index (χ3v) is 2.83. The zero-order chi connectivity index (χ0) is 12.3. The molecule has 0 radical (unpaired) electrons. The van der Waals surface area contributed by atoms with Gasteiger partial charge in [-0.1, -0.05) is 26.0 Å². The van der Waals surface area contributed by atoms with E-state index in [1.165, 1.54) is 23.9 Å². The van der Waals surface area contributed by atoms with Gasteiger partial charge in [0.1, 0.15) is 0 Å². The standard InChI is InChI=1S/C11H12F2O2S/c1-7(2)16-9-5-3-4-8(6-9)11(12,13)10(14)15/h3-7H,1-2H3,(H,14,15). The number of aliphatic carboxylic acids is 1. The molecule has 1 aromatic rings. The second kappa shape index (κ2) is 4.82. The van der Waals surface area contributed by atoms with E-state index in [0.29, 0.717) is 4.90 Å². The summed E-state index contributed by atoms with van der Waals surface area (Å²) in [5.41, 5.74) is -0.481. The molecule has 0 amide bonds. The van der Waals surface area contributed by atoms with E-state index >= 15 is 0 Å². The topological polar surface area (TPSA) is 37.3 Å². The average Bonchev–Trinajstić information content (AvgIpc) is 2.16. The summed E-state index contributed by atoms with van der Waals surface area (Å²) >= 11 is 1.41. The molecular formula is C11H12F2O2S. The Kier molecular flexibility index (Phi) is 3.91. The summed E-state index contributed by atoms with van der Waals surface area (Å²) in [4.78, 5) is 11.0. The molecule has 0 spiro atoms. The molecule has 0 aliphatic carbocycles. The van der Waals surface area contributed by atoms with Crippen LogP contribution in [0.3, 0.4) is 0 Å². The third-order valence-electron chi connectivity index (χ3n) is 1.84. The Balaban J connectivity index is 3.03. The molecule has 0 saturated heterocycles. The highest BCUT2D eigenvalue weighted by molar-refractivity contribution is 7.99. The van der Waals surface area contributed by atoms with Gasteiger partial charge in [-0.25, -0.2) is 4.79 Å². The Bertz CT molecular complexity index is 391. The van der Waals surface area contributed by atoms with E-state index in [-0.39, 0.29) is 5.25 Å². The number of carboxylic acids is 1. The monoisotopic (exact) mass is 246 g/mol. The minimum Gasteiger partial charge on any atom is -0.477 e. The number of carbonyl (C=O) groups is 1. The largest absolute Gasteiger partial charge is 0.477 e. The van der Waals surface area contributed by atoms with Crippen LogP contribution in [0.15, 0.2) is 29.2 Å². The number of benzene rings is 1. The maximum Gasteiger partial charge on any atom is 0.379 e. The number of alkyl halides is 2. The lowest BCUT2D eigenvalue weighted by atomic mass is 10.1. The van der Waals surface area contributed by atoms with Crippen LogP contribution < -0.4 is 0 Å². The molecular weight excluding hydrogens is 234 g/mol. The summed E-state index contributed by atoms with van der Waals surface area (Å²) in [5.74, 6) is -5.95. The first-order valence-electron chi connectivity index (χ1n) is 4.72. The van der Waals surface area contributed by atoms with Gasteiger partial charge < -0.3 is 5.11 Å². The third kappa shape index (κ3) is 2.95. The Morgan fingerprint density at radius 3 is 2.56 bits per heavy atom. The molecule has 0 aliphatic heterocycles. The minimum atomic E-state index is -3.83. The van der Waals surface area contributed by atoms with Crippen molar-refractivity contribution < 1.29 is 18.7 Å². The molecule has 1 N–H and O–H groups in total. The van der Waals surface area contributed by atoms with Crippen LogP contribution in [0.2, 0.25) is 0 Å². The van der Waals surface area contributed by atoms with E-state index in [9.17, 15) is 13.6 Å². The Morgan fingerprint density at radius 2 is 2.06 bits per heavy atom. The van der Waals surface area contributed by atoms with E-state index in [1.54, 1.807) is 6.07 Å². The van der Waals surface area contributed by atoms with Crippen molar-refractivity contribution in [2.75, 3.05) is 0 Å². The van der Waals surface area contributed by atoms with Crippen molar-refractivity contribution in [3.05, 3.63) is 29.8 Å². The highest BCUT2D eigenvalue weighted by atomic mass is 32.2. The maximum absolute atomic E-state index is 13.2. The predicted molar refractivity (Wildman–Crippen MR) is 59.0 cm³/mol. The second-order valence-corrected chi connectivity index (χ2v) is 5.22.